The van der Waals surface area contributed by atoms with Crippen LogP contribution in [0.2, 0.25) is 0 Å². The second kappa shape index (κ2) is 4.63. The Morgan fingerprint density at radius 1 is 1.44 bits per heavy atom. The fourth-order valence-electron chi connectivity index (χ4n) is 1.98. The number of nitrogens with two attached hydrogens (primary N) is 1. The minimum atomic E-state index is -0.197. The summed E-state index contributed by atoms with van der Waals surface area (Å²) < 4.78 is 2.11. The van der Waals surface area contributed by atoms with Crippen LogP contribution in [0.4, 0.5) is 0 Å². The maximum Gasteiger partial charge on any atom is 0.126 e. The normalized spacial score (nSPS) is 13.2. The Kier molecular flexibility index (Phi) is 3.22. The van der Waals surface area contributed by atoms with Gasteiger partial charge in [0.15, 0.2) is 0 Å². The molecule has 0 bridgehead atoms. The highest BCUT2D eigenvalue weighted by Gasteiger charge is 2.15. The number of para-hydroxylation sites is 2. The Labute approximate surface area is 94.7 Å². The number of aliphatic hydroxyl groups excluding tert-OH is 1. The van der Waals surface area contributed by atoms with Crippen LogP contribution < -0.4 is 5.73 Å². The van der Waals surface area contributed by atoms with Gasteiger partial charge in [0.2, 0.25) is 0 Å². The third-order valence-corrected chi connectivity index (χ3v) is 2.77. The van der Waals surface area contributed by atoms with Crippen molar-refractivity contribution < 1.29 is 5.11 Å². The first kappa shape index (κ1) is 11.1. The highest BCUT2D eigenvalue weighted by molar-refractivity contribution is 5.76. The third kappa shape index (κ3) is 1.81. The third-order valence-electron chi connectivity index (χ3n) is 2.77. The summed E-state index contributed by atoms with van der Waals surface area (Å²) in [5.74, 6) is 0.859. The summed E-state index contributed by atoms with van der Waals surface area (Å²) in [5, 5.41) is 8.92. The van der Waals surface area contributed by atoms with Gasteiger partial charge in [0.25, 0.3) is 0 Å². The topological polar surface area (TPSA) is 64.1 Å². The molecule has 0 saturated carbocycles. The number of aromatic nitrogens is 2. The predicted molar refractivity (Wildman–Crippen MR) is 64.0 cm³/mol. The van der Waals surface area contributed by atoms with E-state index in [2.05, 4.69) is 16.5 Å². The van der Waals surface area contributed by atoms with Gasteiger partial charge in [-0.2, -0.15) is 0 Å². The van der Waals surface area contributed by atoms with Crippen LogP contribution in [0.25, 0.3) is 11.0 Å². The molecular formula is C12H17N3O. The molecule has 1 atom stereocenters. The zero-order valence-electron chi connectivity index (χ0n) is 9.43. The summed E-state index contributed by atoms with van der Waals surface area (Å²) >= 11 is 0. The molecule has 0 aliphatic carbocycles. The van der Waals surface area contributed by atoms with E-state index in [-0.39, 0.29) is 12.6 Å². The van der Waals surface area contributed by atoms with Crippen molar-refractivity contribution in [2.24, 2.45) is 5.73 Å². The second-order valence-corrected chi connectivity index (χ2v) is 3.82. The fraction of sp³-hybridized carbons (Fsp3) is 0.417. The van der Waals surface area contributed by atoms with Crippen LogP contribution in [-0.4, -0.2) is 21.3 Å². The summed E-state index contributed by atoms with van der Waals surface area (Å²) in [7, 11) is 0. The van der Waals surface area contributed by atoms with Crippen molar-refractivity contribution in [3.8, 4) is 0 Å². The average molecular weight is 219 g/mol. The van der Waals surface area contributed by atoms with Crippen LogP contribution in [-0.2, 0) is 6.54 Å². The number of hydrogen-bond acceptors (Lipinski definition) is 3. The summed E-state index contributed by atoms with van der Waals surface area (Å²) in [4.78, 5) is 4.53. The predicted octanol–water partition coefficient (Wildman–Crippen LogP) is 1.44. The van der Waals surface area contributed by atoms with E-state index < -0.39 is 0 Å². The van der Waals surface area contributed by atoms with Crippen molar-refractivity contribution in [1.29, 1.82) is 0 Å². The zero-order chi connectivity index (χ0) is 11.5. The van der Waals surface area contributed by atoms with E-state index in [9.17, 15) is 0 Å². The molecule has 3 N–H and O–H groups in total. The van der Waals surface area contributed by atoms with Gasteiger partial charge in [0, 0.05) is 13.2 Å². The Bertz CT molecular complexity index is 478. The number of benzene rings is 1. The van der Waals surface area contributed by atoms with E-state index in [1.165, 1.54) is 0 Å². The molecule has 0 aliphatic rings. The molecule has 1 unspecified atom stereocenters. The molecule has 0 fully saturated rings. The van der Waals surface area contributed by atoms with E-state index in [0.29, 0.717) is 6.42 Å². The molecule has 0 radical (unpaired) electrons. The number of aryl methyl sites for hydroxylation is 1. The Morgan fingerprint density at radius 2 is 2.19 bits per heavy atom. The van der Waals surface area contributed by atoms with Gasteiger partial charge in [-0.1, -0.05) is 12.1 Å². The van der Waals surface area contributed by atoms with Gasteiger partial charge >= 0.3 is 0 Å². The van der Waals surface area contributed by atoms with Crippen LogP contribution >= 0.6 is 0 Å². The van der Waals surface area contributed by atoms with Gasteiger partial charge in [-0.25, -0.2) is 4.98 Å². The van der Waals surface area contributed by atoms with Crippen LogP contribution in [0.15, 0.2) is 24.3 Å². The number of aliphatic hydroxyl groups is 1. The standard InChI is InChI=1S/C12H17N3O/c1-2-15-11-6-4-3-5-10(11)14-12(15)9(13)7-8-16/h3-6,9,16H,2,7-8,13H2,1H3. The van der Waals surface area contributed by atoms with Crippen LogP contribution in [0.1, 0.15) is 25.2 Å². The molecule has 2 rings (SSSR count). The van der Waals surface area contributed by atoms with Crippen molar-refractivity contribution in [3.63, 3.8) is 0 Å². The molecule has 0 aliphatic heterocycles. The SMILES string of the molecule is CCn1c(C(N)CCO)nc2ccccc21. The van der Waals surface area contributed by atoms with Gasteiger partial charge < -0.3 is 15.4 Å². The monoisotopic (exact) mass is 219 g/mol. The molecule has 2 aromatic rings. The number of fused-ring (bicyclic) bond motifs is 1. The zero-order valence-corrected chi connectivity index (χ0v) is 9.43. The minimum absolute atomic E-state index is 0.0914. The summed E-state index contributed by atoms with van der Waals surface area (Å²) in [6.45, 7) is 3.01. The van der Waals surface area contributed by atoms with E-state index in [4.69, 9.17) is 10.8 Å². The number of rotatable bonds is 4. The molecule has 0 amide bonds. The molecule has 4 heteroatoms. The average Bonchev–Trinajstić information content (AvgIpc) is 2.67. The highest BCUT2D eigenvalue weighted by Crippen LogP contribution is 2.20. The molecule has 1 aromatic carbocycles. The second-order valence-electron chi connectivity index (χ2n) is 3.82. The lowest BCUT2D eigenvalue weighted by molar-refractivity contribution is 0.273. The van der Waals surface area contributed by atoms with Crippen molar-refractivity contribution in [3.05, 3.63) is 30.1 Å². The Morgan fingerprint density at radius 3 is 2.88 bits per heavy atom. The Hall–Kier alpha value is -1.39. The lowest BCUT2D eigenvalue weighted by Crippen LogP contribution is -2.17. The summed E-state index contributed by atoms with van der Waals surface area (Å²) in [6, 6.07) is 7.80. The molecule has 16 heavy (non-hydrogen) atoms. The first-order valence-electron chi connectivity index (χ1n) is 5.59. The lowest BCUT2D eigenvalue weighted by atomic mass is 10.2. The van der Waals surface area contributed by atoms with E-state index in [0.717, 1.165) is 23.4 Å². The minimum Gasteiger partial charge on any atom is -0.396 e. The maximum atomic E-state index is 8.92. The number of nitrogens with zero attached hydrogens (tertiary/aromatic N) is 2. The van der Waals surface area contributed by atoms with Crippen LogP contribution in [0, 0.1) is 0 Å². The van der Waals surface area contributed by atoms with Gasteiger partial charge in [-0.15, -0.1) is 0 Å². The highest BCUT2D eigenvalue weighted by atomic mass is 16.3. The van der Waals surface area contributed by atoms with Gasteiger partial charge in [0.1, 0.15) is 5.82 Å². The van der Waals surface area contributed by atoms with E-state index in [1.54, 1.807) is 0 Å². The van der Waals surface area contributed by atoms with Crippen molar-refractivity contribution in [2.45, 2.75) is 25.9 Å². The molecule has 4 nitrogen and oxygen atoms in total. The largest absolute Gasteiger partial charge is 0.396 e. The quantitative estimate of drug-likeness (QED) is 0.817. The van der Waals surface area contributed by atoms with Crippen molar-refractivity contribution in [1.82, 2.24) is 9.55 Å². The van der Waals surface area contributed by atoms with Gasteiger partial charge in [-0.05, 0) is 25.5 Å². The van der Waals surface area contributed by atoms with Crippen molar-refractivity contribution in [2.75, 3.05) is 6.61 Å². The fourth-order valence-corrected chi connectivity index (χ4v) is 1.98. The summed E-state index contributed by atoms with van der Waals surface area (Å²) in [5.41, 5.74) is 8.07. The van der Waals surface area contributed by atoms with Crippen LogP contribution in [0.3, 0.4) is 0 Å². The number of hydrogen-bond donors (Lipinski definition) is 2. The smallest absolute Gasteiger partial charge is 0.126 e. The van der Waals surface area contributed by atoms with Crippen molar-refractivity contribution >= 4 is 11.0 Å². The van der Waals surface area contributed by atoms with E-state index in [1.807, 2.05) is 24.3 Å². The van der Waals surface area contributed by atoms with Crippen LogP contribution in [0.5, 0.6) is 0 Å². The molecule has 1 heterocycles. The maximum absolute atomic E-state index is 8.92. The molecule has 0 spiro atoms. The van der Waals surface area contributed by atoms with Gasteiger partial charge in [-0.3, -0.25) is 0 Å². The molecule has 86 valence electrons. The number of imidazole rings is 1. The van der Waals surface area contributed by atoms with Gasteiger partial charge in [0.05, 0.1) is 17.1 Å². The molecule has 0 saturated heterocycles. The Balaban J connectivity index is 2.51. The first-order valence-corrected chi connectivity index (χ1v) is 5.59. The molecule has 1 aromatic heterocycles. The molecular weight excluding hydrogens is 202 g/mol. The first-order chi connectivity index (χ1) is 7.77. The summed E-state index contributed by atoms with van der Waals surface area (Å²) in [6.07, 6.45) is 0.545. The lowest BCUT2D eigenvalue weighted by Gasteiger charge is -2.11. The van der Waals surface area contributed by atoms with E-state index >= 15 is 0 Å².